The summed E-state index contributed by atoms with van der Waals surface area (Å²) in [6.45, 7) is 3.44. The minimum atomic E-state index is -0.433. The highest BCUT2D eigenvalue weighted by molar-refractivity contribution is 6.32. The molecule has 2 amide bonds. The predicted octanol–water partition coefficient (Wildman–Crippen LogP) is 5.82. The van der Waals surface area contributed by atoms with Gasteiger partial charge in [0.15, 0.2) is 0 Å². The number of nitrogens with zero attached hydrogens (tertiary/aromatic N) is 3. The number of halogens is 2. The molecule has 0 saturated heterocycles. The molecule has 1 heterocycles. The van der Waals surface area contributed by atoms with Crippen molar-refractivity contribution in [3.8, 4) is 16.9 Å². The van der Waals surface area contributed by atoms with Crippen LogP contribution in [0.25, 0.3) is 16.9 Å². The molecule has 6 nitrogen and oxygen atoms in total. The number of hydrogen-bond donors (Lipinski definition) is 1. The fourth-order valence-corrected chi connectivity index (χ4v) is 3.83. The molecular weight excluding hydrogens is 467 g/mol. The van der Waals surface area contributed by atoms with Crippen LogP contribution < -0.4 is 5.32 Å². The van der Waals surface area contributed by atoms with E-state index in [1.807, 2.05) is 56.3 Å². The van der Waals surface area contributed by atoms with E-state index < -0.39 is 11.7 Å². The standard InChI is InChI=1S/C27H24ClFN4O2/c1-18(2)32(27(35)20-12-14-21(29)15-13-20)17-26(34)30-25-16-23(19-8-4-3-5-9-19)31-33(25)24-11-7-6-10-22(24)28/h3-16,18H,17H2,1-2H3,(H,30,34). The second-order valence-corrected chi connectivity index (χ2v) is 8.63. The summed E-state index contributed by atoms with van der Waals surface area (Å²) >= 11 is 6.42. The Morgan fingerprint density at radius 1 is 1.00 bits per heavy atom. The van der Waals surface area contributed by atoms with Gasteiger partial charge in [0.25, 0.3) is 5.91 Å². The quantitative estimate of drug-likeness (QED) is 0.355. The van der Waals surface area contributed by atoms with Crippen molar-refractivity contribution in [2.24, 2.45) is 0 Å². The molecule has 4 aromatic rings. The summed E-state index contributed by atoms with van der Waals surface area (Å²) in [4.78, 5) is 27.5. The van der Waals surface area contributed by atoms with Crippen molar-refractivity contribution in [2.75, 3.05) is 11.9 Å². The first-order chi connectivity index (χ1) is 16.8. The summed E-state index contributed by atoms with van der Waals surface area (Å²) in [6.07, 6.45) is 0. The van der Waals surface area contributed by atoms with Crippen LogP contribution in [0.4, 0.5) is 10.2 Å². The smallest absolute Gasteiger partial charge is 0.254 e. The summed E-state index contributed by atoms with van der Waals surface area (Å²) in [5.41, 5.74) is 2.45. The van der Waals surface area contributed by atoms with Crippen LogP contribution in [-0.2, 0) is 4.79 Å². The second-order valence-electron chi connectivity index (χ2n) is 8.23. The van der Waals surface area contributed by atoms with Gasteiger partial charge in [-0.3, -0.25) is 9.59 Å². The molecule has 0 fully saturated rings. The molecule has 35 heavy (non-hydrogen) atoms. The molecule has 0 aliphatic carbocycles. The van der Waals surface area contributed by atoms with E-state index in [1.54, 1.807) is 22.9 Å². The van der Waals surface area contributed by atoms with E-state index in [9.17, 15) is 14.0 Å². The number of benzene rings is 3. The van der Waals surface area contributed by atoms with Crippen LogP contribution in [0.2, 0.25) is 5.02 Å². The number of para-hydroxylation sites is 1. The monoisotopic (exact) mass is 490 g/mol. The average molecular weight is 491 g/mol. The van der Waals surface area contributed by atoms with Crippen molar-refractivity contribution in [3.63, 3.8) is 0 Å². The molecule has 0 aliphatic heterocycles. The normalized spacial score (nSPS) is 10.9. The molecule has 3 aromatic carbocycles. The molecule has 0 atom stereocenters. The van der Waals surface area contributed by atoms with Gasteiger partial charge in [-0.05, 0) is 50.2 Å². The highest BCUT2D eigenvalue weighted by atomic mass is 35.5. The van der Waals surface area contributed by atoms with Gasteiger partial charge >= 0.3 is 0 Å². The van der Waals surface area contributed by atoms with Gasteiger partial charge in [-0.1, -0.05) is 54.1 Å². The Balaban J connectivity index is 1.62. The fourth-order valence-electron chi connectivity index (χ4n) is 3.61. The fraction of sp³-hybridized carbons (Fsp3) is 0.148. The van der Waals surface area contributed by atoms with Crippen molar-refractivity contribution in [2.45, 2.75) is 19.9 Å². The van der Waals surface area contributed by atoms with E-state index in [-0.39, 0.29) is 18.5 Å². The van der Waals surface area contributed by atoms with Crippen LogP contribution in [0.5, 0.6) is 0 Å². The van der Waals surface area contributed by atoms with E-state index in [0.29, 0.717) is 27.8 Å². The Hall–Kier alpha value is -3.97. The van der Waals surface area contributed by atoms with Crippen molar-refractivity contribution in [3.05, 3.63) is 101 Å². The van der Waals surface area contributed by atoms with Crippen LogP contribution in [0.3, 0.4) is 0 Å². The molecular formula is C27H24ClFN4O2. The number of amides is 2. The number of nitrogens with one attached hydrogen (secondary N) is 1. The van der Waals surface area contributed by atoms with E-state index >= 15 is 0 Å². The lowest BCUT2D eigenvalue weighted by molar-refractivity contribution is -0.117. The molecule has 0 radical (unpaired) electrons. The van der Waals surface area contributed by atoms with Crippen molar-refractivity contribution in [1.29, 1.82) is 0 Å². The molecule has 1 N–H and O–H groups in total. The molecule has 0 aliphatic rings. The number of rotatable bonds is 7. The van der Waals surface area contributed by atoms with Crippen LogP contribution in [0.1, 0.15) is 24.2 Å². The van der Waals surface area contributed by atoms with E-state index in [2.05, 4.69) is 10.4 Å². The van der Waals surface area contributed by atoms with Crippen molar-refractivity contribution in [1.82, 2.24) is 14.7 Å². The Kier molecular flexibility index (Phi) is 7.27. The first kappa shape index (κ1) is 24.2. The maximum atomic E-state index is 13.3. The number of carbonyl (C=O) groups excluding carboxylic acids is 2. The molecule has 178 valence electrons. The lowest BCUT2D eigenvalue weighted by Gasteiger charge is -2.26. The van der Waals surface area contributed by atoms with Gasteiger partial charge in [-0.2, -0.15) is 5.10 Å². The molecule has 8 heteroatoms. The lowest BCUT2D eigenvalue weighted by Crippen LogP contribution is -2.42. The molecule has 0 saturated carbocycles. The van der Waals surface area contributed by atoms with Crippen LogP contribution in [0.15, 0.2) is 84.9 Å². The van der Waals surface area contributed by atoms with Gasteiger partial charge in [0, 0.05) is 23.2 Å². The minimum absolute atomic E-state index is 0.192. The maximum Gasteiger partial charge on any atom is 0.254 e. The molecule has 0 bridgehead atoms. The summed E-state index contributed by atoms with van der Waals surface area (Å²) in [5, 5.41) is 8.02. The zero-order valence-electron chi connectivity index (χ0n) is 19.3. The van der Waals surface area contributed by atoms with Crippen LogP contribution >= 0.6 is 11.6 Å². The number of hydrogen-bond acceptors (Lipinski definition) is 3. The molecule has 0 unspecified atom stereocenters. The Morgan fingerprint density at radius 2 is 1.66 bits per heavy atom. The molecule has 0 spiro atoms. The Bertz CT molecular complexity index is 1340. The Labute approximate surface area is 208 Å². The lowest BCUT2D eigenvalue weighted by atomic mass is 10.1. The molecule has 1 aromatic heterocycles. The zero-order chi connectivity index (χ0) is 24.9. The predicted molar refractivity (Wildman–Crippen MR) is 135 cm³/mol. The topological polar surface area (TPSA) is 67.2 Å². The van der Waals surface area contributed by atoms with Gasteiger partial charge in [0.2, 0.25) is 5.91 Å². The van der Waals surface area contributed by atoms with Crippen molar-refractivity contribution >= 4 is 29.2 Å². The second kappa shape index (κ2) is 10.5. The van der Waals surface area contributed by atoms with Crippen LogP contribution in [-0.4, -0.2) is 39.1 Å². The minimum Gasteiger partial charge on any atom is -0.327 e. The van der Waals surface area contributed by atoms with Gasteiger partial charge < -0.3 is 10.2 Å². The average Bonchev–Trinajstić information content (AvgIpc) is 3.26. The zero-order valence-corrected chi connectivity index (χ0v) is 20.0. The summed E-state index contributed by atoms with van der Waals surface area (Å²) in [7, 11) is 0. The van der Waals surface area contributed by atoms with Gasteiger partial charge in [-0.25, -0.2) is 9.07 Å². The van der Waals surface area contributed by atoms with E-state index in [1.165, 1.54) is 29.2 Å². The third-order valence-electron chi connectivity index (χ3n) is 5.42. The molecule has 4 rings (SSSR count). The SMILES string of the molecule is CC(C)N(CC(=O)Nc1cc(-c2ccccc2)nn1-c1ccccc1Cl)C(=O)c1ccc(F)cc1. The third-order valence-corrected chi connectivity index (χ3v) is 5.74. The first-order valence-corrected chi connectivity index (χ1v) is 11.5. The number of aromatic nitrogens is 2. The largest absolute Gasteiger partial charge is 0.327 e. The highest BCUT2D eigenvalue weighted by Crippen LogP contribution is 2.28. The van der Waals surface area contributed by atoms with Gasteiger partial charge in [0.05, 0.1) is 16.4 Å². The van der Waals surface area contributed by atoms with Gasteiger partial charge in [0.1, 0.15) is 18.2 Å². The maximum absolute atomic E-state index is 13.3. The van der Waals surface area contributed by atoms with Gasteiger partial charge in [-0.15, -0.1) is 0 Å². The highest BCUT2D eigenvalue weighted by Gasteiger charge is 2.23. The van der Waals surface area contributed by atoms with Crippen LogP contribution in [0, 0.1) is 5.82 Å². The third kappa shape index (κ3) is 5.58. The summed E-state index contributed by atoms with van der Waals surface area (Å²) in [5.74, 6) is -0.779. The summed E-state index contributed by atoms with van der Waals surface area (Å²) in [6, 6.07) is 23.5. The van der Waals surface area contributed by atoms with Crippen molar-refractivity contribution < 1.29 is 14.0 Å². The first-order valence-electron chi connectivity index (χ1n) is 11.1. The summed E-state index contributed by atoms with van der Waals surface area (Å²) < 4.78 is 14.9. The number of carbonyl (C=O) groups is 2. The Morgan fingerprint density at radius 3 is 2.31 bits per heavy atom. The van der Waals surface area contributed by atoms with E-state index in [4.69, 9.17) is 11.6 Å². The number of anilines is 1. The van der Waals surface area contributed by atoms with E-state index in [0.717, 1.165) is 5.56 Å².